The van der Waals surface area contributed by atoms with Gasteiger partial charge in [-0.05, 0) is 0 Å². The van der Waals surface area contributed by atoms with E-state index in [0.29, 0.717) is 18.8 Å². The molecule has 1 atom stereocenters. The Balaban J connectivity index is 1.57. The zero-order valence-corrected chi connectivity index (χ0v) is 9.51. The molecule has 1 aliphatic rings. The second kappa shape index (κ2) is 4.57. The molecule has 8 heteroatoms. The average Bonchev–Trinajstić information content (AvgIpc) is 3.05. The van der Waals surface area contributed by atoms with Crippen molar-refractivity contribution in [3.8, 4) is 0 Å². The van der Waals surface area contributed by atoms with Crippen LogP contribution >= 0.6 is 0 Å². The predicted molar refractivity (Wildman–Crippen MR) is 59.1 cm³/mol. The number of aromatic amines is 1. The number of carbonyl (C=O) groups is 1. The lowest BCUT2D eigenvalue weighted by Gasteiger charge is -2.21. The fourth-order valence-electron chi connectivity index (χ4n) is 1.91. The molecule has 0 aromatic carbocycles. The van der Waals surface area contributed by atoms with E-state index in [4.69, 9.17) is 0 Å². The summed E-state index contributed by atoms with van der Waals surface area (Å²) in [6.07, 6.45) is 3.46. The van der Waals surface area contributed by atoms with Gasteiger partial charge in [-0.15, -0.1) is 0 Å². The summed E-state index contributed by atoms with van der Waals surface area (Å²) < 4.78 is 4.59. The van der Waals surface area contributed by atoms with Crippen molar-refractivity contribution in [1.82, 2.24) is 30.7 Å². The first kappa shape index (κ1) is 10.9. The van der Waals surface area contributed by atoms with E-state index >= 15 is 0 Å². The first-order valence-electron chi connectivity index (χ1n) is 5.60. The standard InChI is InChI=1S/C10H12N6O2/c17-10(12-3-9-15-5-18-16-9)7-1-6-8(2-11-7)14-4-13-6/h4-5,7,11H,1-3H2,(H,12,17)(H,13,14). The Labute approximate surface area is 102 Å². The zero-order valence-electron chi connectivity index (χ0n) is 9.51. The minimum Gasteiger partial charge on any atom is -0.347 e. The van der Waals surface area contributed by atoms with Gasteiger partial charge in [-0.2, -0.15) is 4.98 Å². The summed E-state index contributed by atoms with van der Waals surface area (Å²) in [7, 11) is 0. The lowest BCUT2D eigenvalue weighted by molar-refractivity contribution is -0.123. The second-order valence-electron chi connectivity index (χ2n) is 4.03. The minimum atomic E-state index is -0.271. The van der Waals surface area contributed by atoms with E-state index in [1.807, 2.05) is 0 Å². The first-order chi connectivity index (χ1) is 8.83. The first-order valence-corrected chi connectivity index (χ1v) is 5.60. The van der Waals surface area contributed by atoms with E-state index in [2.05, 4.69) is 35.3 Å². The van der Waals surface area contributed by atoms with E-state index in [1.54, 1.807) is 6.33 Å². The molecule has 0 aliphatic carbocycles. The van der Waals surface area contributed by atoms with Gasteiger partial charge in [0.25, 0.3) is 0 Å². The quantitative estimate of drug-likeness (QED) is 0.651. The van der Waals surface area contributed by atoms with Crippen LogP contribution in [0.2, 0.25) is 0 Å². The van der Waals surface area contributed by atoms with Crippen molar-refractivity contribution in [2.75, 3.05) is 0 Å². The largest absolute Gasteiger partial charge is 0.347 e. The molecule has 3 N–H and O–H groups in total. The Morgan fingerprint density at radius 1 is 1.56 bits per heavy atom. The van der Waals surface area contributed by atoms with Gasteiger partial charge in [0, 0.05) is 13.0 Å². The predicted octanol–water partition coefficient (Wildman–Crippen LogP) is -0.877. The summed E-state index contributed by atoms with van der Waals surface area (Å²) in [5.41, 5.74) is 1.98. The number of imidazole rings is 1. The highest BCUT2D eigenvalue weighted by Crippen LogP contribution is 2.12. The Kier molecular flexibility index (Phi) is 2.77. The van der Waals surface area contributed by atoms with E-state index in [1.165, 1.54) is 6.39 Å². The molecule has 0 fully saturated rings. The summed E-state index contributed by atoms with van der Waals surface area (Å²) in [6.45, 7) is 0.885. The van der Waals surface area contributed by atoms with E-state index in [-0.39, 0.29) is 18.5 Å². The van der Waals surface area contributed by atoms with Gasteiger partial charge in [0.1, 0.15) is 0 Å². The van der Waals surface area contributed by atoms with Crippen molar-refractivity contribution in [3.05, 3.63) is 29.9 Å². The summed E-state index contributed by atoms with van der Waals surface area (Å²) >= 11 is 0. The Bertz CT molecular complexity index is 534. The van der Waals surface area contributed by atoms with Gasteiger partial charge in [-0.3, -0.25) is 10.1 Å². The lowest BCUT2D eigenvalue weighted by Crippen LogP contribution is -2.47. The van der Waals surface area contributed by atoms with Crippen molar-refractivity contribution in [1.29, 1.82) is 0 Å². The fraction of sp³-hybridized carbons (Fsp3) is 0.400. The number of aromatic nitrogens is 4. The number of carbonyl (C=O) groups excluding carboxylic acids is 1. The Morgan fingerprint density at radius 3 is 3.33 bits per heavy atom. The van der Waals surface area contributed by atoms with Crippen LogP contribution < -0.4 is 10.6 Å². The number of amides is 1. The molecule has 3 rings (SSSR count). The molecule has 18 heavy (non-hydrogen) atoms. The van der Waals surface area contributed by atoms with Gasteiger partial charge in [-0.1, -0.05) is 5.16 Å². The third kappa shape index (κ3) is 2.09. The van der Waals surface area contributed by atoms with Gasteiger partial charge in [0.2, 0.25) is 12.3 Å². The maximum absolute atomic E-state index is 11.9. The monoisotopic (exact) mass is 248 g/mol. The van der Waals surface area contributed by atoms with E-state index < -0.39 is 0 Å². The van der Waals surface area contributed by atoms with Gasteiger partial charge in [0.05, 0.1) is 30.3 Å². The van der Waals surface area contributed by atoms with Crippen molar-refractivity contribution < 1.29 is 9.32 Å². The molecule has 0 radical (unpaired) electrons. The number of hydrogen-bond donors (Lipinski definition) is 3. The second-order valence-corrected chi connectivity index (χ2v) is 4.03. The number of H-pyrrole nitrogens is 1. The van der Waals surface area contributed by atoms with Crippen LogP contribution in [0.15, 0.2) is 17.2 Å². The van der Waals surface area contributed by atoms with Crippen molar-refractivity contribution >= 4 is 5.91 Å². The normalized spacial score (nSPS) is 18.3. The highest BCUT2D eigenvalue weighted by Gasteiger charge is 2.25. The molecule has 0 saturated heterocycles. The van der Waals surface area contributed by atoms with E-state index in [9.17, 15) is 4.79 Å². The van der Waals surface area contributed by atoms with Crippen molar-refractivity contribution in [2.24, 2.45) is 0 Å². The van der Waals surface area contributed by atoms with Gasteiger partial charge in [-0.25, -0.2) is 4.98 Å². The van der Waals surface area contributed by atoms with Crippen LogP contribution in [0.1, 0.15) is 17.2 Å². The highest BCUT2D eigenvalue weighted by molar-refractivity contribution is 5.82. The summed E-state index contributed by atoms with van der Waals surface area (Å²) in [5.74, 6) is 0.369. The molecule has 8 nitrogen and oxygen atoms in total. The smallest absolute Gasteiger partial charge is 0.237 e. The molecule has 0 saturated carbocycles. The fourth-order valence-corrected chi connectivity index (χ4v) is 1.91. The molecule has 1 amide bonds. The van der Waals surface area contributed by atoms with Crippen molar-refractivity contribution in [3.63, 3.8) is 0 Å². The van der Waals surface area contributed by atoms with Crippen LogP contribution in [0.4, 0.5) is 0 Å². The summed E-state index contributed by atoms with van der Waals surface area (Å²) in [6, 6.07) is -0.271. The Hall–Kier alpha value is -2.22. The number of fused-ring (bicyclic) bond motifs is 1. The highest BCUT2D eigenvalue weighted by atomic mass is 16.5. The minimum absolute atomic E-state index is 0.0894. The molecule has 1 aliphatic heterocycles. The lowest BCUT2D eigenvalue weighted by atomic mass is 10.0. The molecule has 2 aromatic rings. The van der Waals surface area contributed by atoms with Crippen LogP contribution in [0.5, 0.6) is 0 Å². The molecule has 94 valence electrons. The maximum atomic E-state index is 11.9. The molecule has 2 aromatic heterocycles. The van der Waals surface area contributed by atoms with Crippen LogP contribution in [0.25, 0.3) is 0 Å². The van der Waals surface area contributed by atoms with Gasteiger partial charge < -0.3 is 14.8 Å². The molecular formula is C10H12N6O2. The van der Waals surface area contributed by atoms with Crippen LogP contribution in [-0.2, 0) is 24.3 Å². The van der Waals surface area contributed by atoms with Crippen LogP contribution in [-0.4, -0.2) is 32.1 Å². The van der Waals surface area contributed by atoms with E-state index in [0.717, 1.165) is 11.4 Å². The number of nitrogens with zero attached hydrogens (tertiary/aromatic N) is 3. The van der Waals surface area contributed by atoms with Crippen LogP contribution in [0.3, 0.4) is 0 Å². The van der Waals surface area contributed by atoms with Gasteiger partial charge in [0.15, 0.2) is 5.82 Å². The number of hydrogen-bond acceptors (Lipinski definition) is 6. The average molecular weight is 248 g/mol. The molecular weight excluding hydrogens is 236 g/mol. The Morgan fingerprint density at radius 2 is 2.50 bits per heavy atom. The molecule has 3 heterocycles. The van der Waals surface area contributed by atoms with Crippen molar-refractivity contribution in [2.45, 2.75) is 25.6 Å². The van der Waals surface area contributed by atoms with Crippen LogP contribution in [0, 0.1) is 0 Å². The third-order valence-electron chi connectivity index (χ3n) is 2.87. The number of rotatable bonds is 3. The van der Waals surface area contributed by atoms with Gasteiger partial charge >= 0.3 is 0 Å². The molecule has 1 unspecified atom stereocenters. The topological polar surface area (TPSA) is 109 Å². The SMILES string of the molecule is O=C(NCc1ncon1)C1Cc2nc[nH]c2CN1. The number of nitrogens with one attached hydrogen (secondary N) is 3. The summed E-state index contributed by atoms with van der Waals surface area (Å²) in [5, 5.41) is 9.52. The zero-order chi connectivity index (χ0) is 12.4. The molecule has 0 bridgehead atoms. The summed E-state index contributed by atoms with van der Waals surface area (Å²) in [4.78, 5) is 23.0. The molecule has 0 spiro atoms. The third-order valence-corrected chi connectivity index (χ3v) is 2.87. The maximum Gasteiger partial charge on any atom is 0.237 e.